The Morgan fingerprint density at radius 3 is 2.62 bits per heavy atom. The van der Waals surface area contributed by atoms with Crippen molar-refractivity contribution in [3.05, 3.63) is 57.8 Å². The van der Waals surface area contributed by atoms with Gasteiger partial charge in [0.05, 0.1) is 29.8 Å². The molecule has 0 fully saturated rings. The molecule has 6 nitrogen and oxygen atoms in total. The molecule has 0 unspecified atom stereocenters. The molecule has 1 aromatic carbocycles. The highest BCUT2D eigenvalue weighted by atomic mass is 32.2. The number of thioether (sulfide) groups is 1. The summed E-state index contributed by atoms with van der Waals surface area (Å²) in [5.41, 5.74) is 4.08. The molecule has 0 bridgehead atoms. The summed E-state index contributed by atoms with van der Waals surface area (Å²) < 4.78 is 5.58. The molecule has 0 saturated carbocycles. The molecule has 0 radical (unpaired) electrons. The summed E-state index contributed by atoms with van der Waals surface area (Å²) >= 11 is 1.49. The second kappa shape index (κ2) is 10.4. The molecule has 172 valence electrons. The first-order valence-electron chi connectivity index (χ1n) is 11.2. The quantitative estimate of drug-likeness (QED) is 0.554. The third-order valence-electron chi connectivity index (χ3n) is 5.31. The monoisotopic (exact) mass is 455 g/mol. The first-order valence-corrected chi connectivity index (χ1v) is 12.0. The molecule has 3 rings (SSSR count). The summed E-state index contributed by atoms with van der Waals surface area (Å²) in [4.78, 5) is 32.5. The first kappa shape index (κ1) is 24.1. The number of rotatable bonds is 8. The number of esters is 1. The van der Waals surface area contributed by atoms with Crippen molar-refractivity contribution in [1.29, 1.82) is 0 Å². The third-order valence-corrected chi connectivity index (χ3v) is 6.20. The molecule has 7 heteroatoms. The number of nitrogens with one attached hydrogen (secondary N) is 1. The number of nitrogens with zero attached hydrogens (tertiary/aromatic N) is 2. The first-order chi connectivity index (χ1) is 15.2. The lowest BCUT2D eigenvalue weighted by atomic mass is 9.93. The Labute approximate surface area is 195 Å². The maximum absolute atomic E-state index is 13.1. The summed E-state index contributed by atoms with van der Waals surface area (Å²) in [5.74, 6) is 0.134. The molecule has 1 atom stereocenters. The van der Waals surface area contributed by atoms with Crippen molar-refractivity contribution in [2.75, 3.05) is 6.54 Å². The van der Waals surface area contributed by atoms with Crippen molar-refractivity contribution < 1.29 is 14.3 Å². The fourth-order valence-corrected chi connectivity index (χ4v) is 4.76. The Morgan fingerprint density at radius 2 is 1.97 bits per heavy atom. The molecule has 2 aliphatic rings. The van der Waals surface area contributed by atoms with E-state index in [1.54, 1.807) is 0 Å². The second-order valence-corrected chi connectivity index (χ2v) is 9.81. The largest absolute Gasteiger partial charge is 0.459 e. The van der Waals surface area contributed by atoms with Gasteiger partial charge in [0, 0.05) is 12.2 Å². The highest BCUT2D eigenvalue weighted by Gasteiger charge is 2.41. The predicted octanol–water partition coefficient (Wildman–Crippen LogP) is 5.07. The maximum Gasteiger partial charge on any atom is 0.338 e. The van der Waals surface area contributed by atoms with Gasteiger partial charge >= 0.3 is 5.97 Å². The van der Waals surface area contributed by atoms with Crippen LogP contribution in [0.15, 0.2) is 51.6 Å². The van der Waals surface area contributed by atoms with E-state index < -0.39 is 6.04 Å². The Kier molecular flexibility index (Phi) is 7.82. The highest BCUT2D eigenvalue weighted by molar-refractivity contribution is 8.16. The molecular formula is C25H33N3O3S. The molecule has 1 aromatic rings. The van der Waals surface area contributed by atoms with Crippen LogP contribution >= 0.6 is 11.8 Å². The minimum atomic E-state index is -0.390. The van der Waals surface area contributed by atoms with Gasteiger partial charge < -0.3 is 15.0 Å². The van der Waals surface area contributed by atoms with Crippen molar-refractivity contribution in [1.82, 2.24) is 10.2 Å². The smallest absolute Gasteiger partial charge is 0.338 e. The van der Waals surface area contributed by atoms with E-state index >= 15 is 0 Å². The fraction of sp³-hybridized carbons (Fsp3) is 0.480. The number of ether oxygens (including phenoxy) is 1. The number of amidine groups is 1. The van der Waals surface area contributed by atoms with E-state index in [0.29, 0.717) is 23.7 Å². The second-order valence-electron chi connectivity index (χ2n) is 8.97. The van der Waals surface area contributed by atoms with Gasteiger partial charge in [0.1, 0.15) is 0 Å². The van der Waals surface area contributed by atoms with Crippen LogP contribution in [-0.4, -0.2) is 34.6 Å². The molecule has 1 amide bonds. The number of carbonyl (C=O) groups is 2. The Hall–Kier alpha value is -2.54. The minimum Gasteiger partial charge on any atom is -0.459 e. The van der Waals surface area contributed by atoms with Crippen LogP contribution in [0.1, 0.15) is 64.6 Å². The lowest BCUT2D eigenvalue weighted by Crippen LogP contribution is -2.38. The topological polar surface area (TPSA) is 71.0 Å². The molecule has 2 heterocycles. The molecule has 32 heavy (non-hydrogen) atoms. The van der Waals surface area contributed by atoms with Gasteiger partial charge in [-0.05, 0) is 51.0 Å². The summed E-state index contributed by atoms with van der Waals surface area (Å²) in [6.45, 7) is 12.5. The SMILES string of the molecule is CC1=C(C(=O)OC(C)C)[C@@H](c2cccc(C)c2)N2C(CC(=O)NCCC(C)C)=CSC2=N1. The van der Waals surface area contributed by atoms with Gasteiger partial charge in [-0.25, -0.2) is 9.79 Å². The number of allylic oxidation sites excluding steroid dienone is 1. The van der Waals surface area contributed by atoms with Gasteiger partial charge in [0.2, 0.25) is 5.91 Å². The van der Waals surface area contributed by atoms with Crippen LogP contribution < -0.4 is 5.32 Å². The van der Waals surface area contributed by atoms with Crippen LogP contribution in [0.4, 0.5) is 0 Å². The molecule has 0 aliphatic carbocycles. The van der Waals surface area contributed by atoms with Crippen molar-refractivity contribution >= 4 is 28.8 Å². The molecular weight excluding hydrogens is 422 g/mol. The lowest BCUT2D eigenvalue weighted by molar-refractivity contribution is -0.143. The predicted molar refractivity (Wildman–Crippen MR) is 130 cm³/mol. The van der Waals surface area contributed by atoms with Crippen LogP contribution in [0.3, 0.4) is 0 Å². The zero-order chi connectivity index (χ0) is 23.4. The molecule has 0 aromatic heterocycles. The summed E-state index contributed by atoms with van der Waals surface area (Å²) in [5, 5.41) is 5.75. The number of aryl methyl sites for hydroxylation is 1. The van der Waals surface area contributed by atoms with Gasteiger partial charge in [0.25, 0.3) is 0 Å². The highest BCUT2D eigenvalue weighted by Crippen LogP contribution is 2.45. The van der Waals surface area contributed by atoms with Crippen LogP contribution in [0, 0.1) is 12.8 Å². The Morgan fingerprint density at radius 1 is 1.22 bits per heavy atom. The zero-order valence-corrected chi connectivity index (χ0v) is 20.6. The van der Waals surface area contributed by atoms with E-state index in [9.17, 15) is 9.59 Å². The molecule has 0 spiro atoms. The molecule has 0 saturated heterocycles. The van der Waals surface area contributed by atoms with Gasteiger partial charge in [-0.3, -0.25) is 4.79 Å². The van der Waals surface area contributed by atoms with Crippen molar-refractivity contribution in [2.24, 2.45) is 10.9 Å². The van der Waals surface area contributed by atoms with Crippen LogP contribution in [0.2, 0.25) is 0 Å². The van der Waals surface area contributed by atoms with Crippen LogP contribution in [-0.2, 0) is 14.3 Å². The van der Waals surface area contributed by atoms with Crippen LogP contribution in [0.25, 0.3) is 0 Å². The van der Waals surface area contributed by atoms with E-state index in [4.69, 9.17) is 9.73 Å². The fourth-order valence-electron chi connectivity index (χ4n) is 3.79. The normalized spacial score (nSPS) is 18.0. The maximum atomic E-state index is 13.1. The van der Waals surface area contributed by atoms with Gasteiger partial charge in [-0.15, -0.1) is 0 Å². The number of amides is 1. The Balaban J connectivity index is 1.93. The van der Waals surface area contributed by atoms with E-state index in [-0.39, 0.29) is 24.4 Å². The molecule has 1 N–H and O–H groups in total. The average Bonchev–Trinajstić information content (AvgIpc) is 3.07. The average molecular weight is 456 g/mol. The number of hydrogen-bond acceptors (Lipinski definition) is 6. The van der Waals surface area contributed by atoms with Crippen molar-refractivity contribution in [2.45, 2.75) is 66.5 Å². The van der Waals surface area contributed by atoms with Crippen LogP contribution in [0.5, 0.6) is 0 Å². The lowest BCUT2D eigenvalue weighted by Gasteiger charge is -2.36. The number of aliphatic imine (C=N–C) groups is 1. The molecule has 2 aliphatic heterocycles. The summed E-state index contributed by atoms with van der Waals surface area (Å²) in [6.07, 6.45) is 0.938. The van der Waals surface area contributed by atoms with Gasteiger partial charge in [0.15, 0.2) is 5.17 Å². The Bertz CT molecular complexity index is 978. The zero-order valence-electron chi connectivity index (χ0n) is 19.8. The number of benzene rings is 1. The summed E-state index contributed by atoms with van der Waals surface area (Å²) in [7, 11) is 0. The van der Waals surface area contributed by atoms with Crippen molar-refractivity contribution in [3.8, 4) is 0 Å². The van der Waals surface area contributed by atoms with E-state index in [0.717, 1.165) is 28.4 Å². The van der Waals surface area contributed by atoms with Gasteiger partial charge in [-0.1, -0.05) is 55.4 Å². The standard InChI is InChI=1S/C25H33N3O3S/c1-15(2)10-11-26-21(29)13-20-14-32-25-27-18(6)22(24(30)31-16(3)4)23(28(20)25)19-9-7-8-17(5)12-19/h7-9,12,14-16,23H,10-11,13H2,1-6H3,(H,26,29)/t23-/m1/s1. The number of carbonyl (C=O) groups excluding carboxylic acids is 2. The van der Waals surface area contributed by atoms with E-state index in [1.807, 2.05) is 56.2 Å². The number of fused-ring (bicyclic) bond motifs is 1. The van der Waals surface area contributed by atoms with E-state index in [2.05, 4.69) is 25.2 Å². The number of hydrogen-bond donors (Lipinski definition) is 1. The minimum absolute atomic E-state index is 0.0284. The van der Waals surface area contributed by atoms with Crippen molar-refractivity contribution in [3.63, 3.8) is 0 Å². The third kappa shape index (κ3) is 5.63. The van der Waals surface area contributed by atoms with E-state index in [1.165, 1.54) is 11.8 Å². The summed E-state index contributed by atoms with van der Waals surface area (Å²) in [6, 6.07) is 7.72. The van der Waals surface area contributed by atoms with Gasteiger partial charge in [-0.2, -0.15) is 0 Å².